The first-order chi connectivity index (χ1) is 33.4. The number of H-pyrrole nitrogens is 2. The van der Waals surface area contributed by atoms with Gasteiger partial charge in [-0.3, -0.25) is 0 Å². The number of rotatable bonds is 22. The molecule has 0 saturated carbocycles. The minimum atomic E-state index is 0.313. The molecule has 16 heteroatoms. The minimum absolute atomic E-state index is 0.313. The summed E-state index contributed by atoms with van der Waals surface area (Å²) in [5.74, 6) is 3.03. The smallest absolute Gasteiger partial charge is 0.205 e. The van der Waals surface area contributed by atoms with Crippen molar-refractivity contribution in [1.29, 1.82) is 0 Å². The quantitative estimate of drug-likeness (QED) is 0.0668. The van der Waals surface area contributed by atoms with Gasteiger partial charge >= 0.3 is 0 Å². The number of halogens is 2. The number of aryl methyl sites for hydroxylation is 2. The summed E-state index contributed by atoms with van der Waals surface area (Å²) in [7, 11) is 0. The van der Waals surface area contributed by atoms with Crippen molar-refractivity contribution < 1.29 is 9.47 Å². The van der Waals surface area contributed by atoms with Gasteiger partial charge in [0.2, 0.25) is 11.6 Å². The molecule has 0 amide bonds. The van der Waals surface area contributed by atoms with Crippen LogP contribution in [0.5, 0.6) is 0 Å². The highest BCUT2D eigenvalue weighted by Gasteiger charge is 2.20. The molecule has 68 heavy (non-hydrogen) atoms. The Kier molecular flexibility index (Phi) is 15.2. The number of benzene rings is 5. The zero-order valence-electron chi connectivity index (χ0n) is 38.1. The van der Waals surface area contributed by atoms with E-state index in [1.54, 1.807) is 0 Å². The number of aromatic nitrogens is 12. The fourth-order valence-corrected chi connectivity index (χ4v) is 8.92. The molecule has 0 fully saturated rings. The zero-order chi connectivity index (χ0) is 46.7. The standard InChI is InChI=1S/C52H52Cl2N12O2/c1-3-5-18-47-55-49(53)45(65(47)29-35-20-24-39(25-21-35)41-14-7-9-16-43(41)51-57-61-62-58-51)33-67-31-37-12-11-13-38(28-37)32-68-34-46-50(54)56-48(19-6-4-2)66(46)30-36-22-26-40(27-23-36)42-15-8-10-17-44(42)52-59-63-64-60-52/h7-17,20-28H,3-6,18-19,29-34H2,1-2H3,(H,57,58,61,62)(H,59,60,63,64). The van der Waals surface area contributed by atoms with Gasteiger partial charge in [0.15, 0.2) is 10.3 Å². The fourth-order valence-electron chi connectivity index (χ4n) is 8.41. The molecule has 5 aromatic carbocycles. The average Bonchev–Trinajstić information content (AvgIpc) is 4.21. The van der Waals surface area contributed by atoms with E-state index in [1.165, 1.54) is 0 Å². The van der Waals surface area contributed by atoms with E-state index in [0.717, 1.165) is 117 Å². The zero-order valence-corrected chi connectivity index (χ0v) is 39.6. The highest BCUT2D eigenvalue weighted by Crippen LogP contribution is 2.32. The topological polar surface area (TPSA) is 163 Å². The maximum Gasteiger partial charge on any atom is 0.205 e. The van der Waals surface area contributed by atoms with Gasteiger partial charge in [0.05, 0.1) is 37.8 Å². The molecule has 0 aliphatic carbocycles. The van der Waals surface area contributed by atoms with Crippen molar-refractivity contribution in [2.24, 2.45) is 0 Å². The molecule has 2 N–H and O–H groups in total. The Morgan fingerprint density at radius 1 is 0.485 bits per heavy atom. The third-order valence-electron chi connectivity index (χ3n) is 12.0. The number of nitrogens with one attached hydrogen (secondary N) is 2. The van der Waals surface area contributed by atoms with Gasteiger partial charge < -0.3 is 18.6 Å². The molecule has 14 nitrogen and oxygen atoms in total. The Morgan fingerprint density at radius 2 is 0.912 bits per heavy atom. The van der Waals surface area contributed by atoms with Crippen LogP contribution in [0.2, 0.25) is 10.3 Å². The lowest BCUT2D eigenvalue weighted by Gasteiger charge is -2.14. The van der Waals surface area contributed by atoms with Gasteiger partial charge in [-0.2, -0.15) is 10.4 Å². The molecule has 0 spiro atoms. The first-order valence-corrected chi connectivity index (χ1v) is 23.8. The summed E-state index contributed by atoms with van der Waals surface area (Å²) in [6, 6.07) is 41.5. The normalized spacial score (nSPS) is 11.5. The van der Waals surface area contributed by atoms with E-state index in [0.29, 0.717) is 61.5 Å². The van der Waals surface area contributed by atoms with Gasteiger partial charge in [0, 0.05) is 37.1 Å². The average molecular weight is 948 g/mol. The molecule has 0 aliphatic rings. The van der Waals surface area contributed by atoms with Crippen LogP contribution in [-0.4, -0.2) is 60.4 Å². The molecule has 0 radical (unpaired) electrons. The van der Waals surface area contributed by atoms with Crippen molar-refractivity contribution in [3.63, 3.8) is 0 Å². The molecular formula is C52H52Cl2N12O2. The number of unbranched alkanes of at least 4 members (excludes halogenated alkanes) is 2. The molecule has 0 aliphatic heterocycles. The third-order valence-corrected chi connectivity index (χ3v) is 12.6. The summed E-state index contributed by atoms with van der Waals surface area (Å²) in [6.45, 7) is 7.02. The highest BCUT2D eigenvalue weighted by atomic mass is 35.5. The van der Waals surface area contributed by atoms with Crippen LogP contribution < -0.4 is 0 Å². The van der Waals surface area contributed by atoms with Crippen LogP contribution in [0.25, 0.3) is 45.0 Å². The molecule has 0 saturated heterocycles. The monoisotopic (exact) mass is 946 g/mol. The van der Waals surface area contributed by atoms with Gasteiger partial charge in [-0.1, -0.05) is 171 Å². The number of ether oxygens (including phenoxy) is 2. The molecule has 346 valence electrons. The highest BCUT2D eigenvalue weighted by molar-refractivity contribution is 6.30. The first-order valence-electron chi connectivity index (χ1n) is 23.0. The Bertz CT molecular complexity index is 2820. The molecular weight excluding hydrogens is 896 g/mol. The fraction of sp³-hybridized carbons (Fsp3) is 0.269. The molecule has 9 rings (SSSR count). The van der Waals surface area contributed by atoms with Crippen LogP contribution >= 0.6 is 23.2 Å². The maximum atomic E-state index is 6.86. The molecule has 0 unspecified atom stereocenters. The van der Waals surface area contributed by atoms with Crippen molar-refractivity contribution in [3.8, 4) is 45.0 Å². The third kappa shape index (κ3) is 11.0. The van der Waals surface area contributed by atoms with Crippen LogP contribution in [0, 0.1) is 0 Å². The molecule has 4 aromatic heterocycles. The predicted molar refractivity (Wildman–Crippen MR) is 263 cm³/mol. The van der Waals surface area contributed by atoms with E-state index in [-0.39, 0.29) is 0 Å². The van der Waals surface area contributed by atoms with Gasteiger partial charge in [0.25, 0.3) is 0 Å². The Balaban J connectivity index is 0.839. The van der Waals surface area contributed by atoms with Crippen molar-refractivity contribution in [2.75, 3.05) is 0 Å². The number of imidazole rings is 2. The second kappa shape index (κ2) is 22.3. The Morgan fingerprint density at radius 3 is 1.31 bits per heavy atom. The Labute approximate surface area is 405 Å². The van der Waals surface area contributed by atoms with Crippen molar-refractivity contribution in [2.45, 2.75) is 91.9 Å². The van der Waals surface area contributed by atoms with E-state index in [2.05, 4.69) is 143 Å². The largest absolute Gasteiger partial charge is 0.370 e. The molecule has 9 aromatic rings. The van der Waals surface area contributed by atoms with Crippen LogP contribution in [0.3, 0.4) is 0 Å². The summed E-state index contributed by atoms with van der Waals surface area (Å²) in [5, 5.41) is 30.4. The van der Waals surface area contributed by atoms with Crippen LogP contribution in [0.15, 0.2) is 121 Å². The second-order valence-electron chi connectivity index (χ2n) is 16.7. The summed E-state index contributed by atoms with van der Waals surface area (Å²) in [5.41, 5.74) is 12.0. The lowest BCUT2D eigenvalue weighted by Crippen LogP contribution is -2.11. The second-order valence-corrected chi connectivity index (χ2v) is 17.4. The SMILES string of the molecule is CCCCc1nc(Cl)c(COCc2cccc(COCc3c(Cl)nc(CCCC)n3Cc3ccc(-c4ccccc4-c4nn[nH]n4)cc3)c2)n1Cc1ccc(-c2ccccc2-c2nn[nH]n2)cc1. The van der Waals surface area contributed by atoms with Gasteiger partial charge in [-0.25, -0.2) is 9.97 Å². The van der Waals surface area contributed by atoms with Gasteiger partial charge in [-0.15, -0.1) is 20.4 Å². The number of aromatic amines is 2. The summed E-state index contributed by atoms with van der Waals surface area (Å²) < 4.78 is 17.2. The van der Waals surface area contributed by atoms with E-state index >= 15 is 0 Å². The van der Waals surface area contributed by atoms with Crippen molar-refractivity contribution in [3.05, 3.63) is 177 Å². The molecule has 4 heterocycles. The maximum absolute atomic E-state index is 6.86. The summed E-state index contributed by atoms with van der Waals surface area (Å²) >= 11 is 13.7. The number of nitrogens with zero attached hydrogens (tertiary/aromatic N) is 10. The van der Waals surface area contributed by atoms with Crippen LogP contribution in [0.1, 0.15) is 84.8 Å². The number of hydrogen-bond donors (Lipinski definition) is 2. The molecule has 0 atom stereocenters. The van der Waals surface area contributed by atoms with Crippen LogP contribution in [-0.2, 0) is 61.8 Å². The van der Waals surface area contributed by atoms with E-state index in [9.17, 15) is 0 Å². The van der Waals surface area contributed by atoms with Gasteiger partial charge in [0.1, 0.15) is 11.6 Å². The number of hydrogen-bond acceptors (Lipinski definition) is 10. The van der Waals surface area contributed by atoms with Crippen molar-refractivity contribution in [1.82, 2.24) is 60.4 Å². The first kappa shape index (κ1) is 46.3. The lowest BCUT2D eigenvalue weighted by molar-refractivity contribution is 0.0984. The Hall–Kier alpha value is -6.84. The molecule has 0 bridgehead atoms. The summed E-state index contributed by atoms with van der Waals surface area (Å²) in [4.78, 5) is 9.62. The summed E-state index contributed by atoms with van der Waals surface area (Å²) in [6.07, 6.45) is 5.78. The number of tetrazole rings is 2. The van der Waals surface area contributed by atoms with E-state index in [4.69, 9.17) is 42.6 Å². The minimum Gasteiger partial charge on any atom is -0.370 e. The van der Waals surface area contributed by atoms with E-state index < -0.39 is 0 Å². The van der Waals surface area contributed by atoms with Gasteiger partial charge in [-0.05, 0) is 67.8 Å². The van der Waals surface area contributed by atoms with Crippen LogP contribution in [0.4, 0.5) is 0 Å². The predicted octanol–water partition coefficient (Wildman–Crippen LogP) is 11.3. The lowest BCUT2D eigenvalue weighted by atomic mass is 9.98. The van der Waals surface area contributed by atoms with Crippen molar-refractivity contribution >= 4 is 23.2 Å². The van der Waals surface area contributed by atoms with E-state index in [1.807, 2.05) is 42.5 Å².